The third-order valence-corrected chi connectivity index (χ3v) is 3.62. The van der Waals surface area contributed by atoms with Gasteiger partial charge < -0.3 is 5.32 Å². The molecule has 0 saturated heterocycles. The maximum absolute atomic E-state index is 4.60. The van der Waals surface area contributed by atoms with Gasteiger partial charge in [0.25, 0.3) is 0 Å². The summed E-state index contributed by atoms with van der Waals surface area (Å²) in [6.07, 6.45) is 2.96. The smallest absolute Gasteiger partial charge is 0.183 e. The van der Waals surface area contributed by atoms with Crippen molar-refractivity contribution in [2.75, 3.05) is 11.9 Å². The topological polar surface area (TPSA) is 55.6 Å². The predicted octanol–water partition coefficient (Wildman–Crippen LogP) is 2.91. The van der Waals surface area contributed by atoms with Crippen molar-refractivity contribution in [3.05, 3.63) is 23.7 Å². The highest BCUT2D eigenvalue weighted by atomic mass is 32.1. The standard InChI is InChI=1S/C13H15N5S/c1-3-6-14-11-9-5-8-19-13(9)16-12(15-11)10-4-7-18(2)17-10/h4-5,7-8H,3,6H2,1-2H3,(H,14,15,16). The van der Waals surface area contributed by atoms with Crippen LogP contribution < -0.4 is 5.32 Å². The van der Waals surface area contributed by atoms with Crippen LogP contribution in [0.25, 0.3) is 21.7 Å². The summed E-state index contributed by atoms with van der Waals surface area (Å²) in [5.74, 6) is 1.57. The molecule has 0 aromatic carbocycles. The molecule has 0 bridgehead atoms. The Bertz CT molecular complexity index is 700. The maximum atomic E-state index is 4.60. The van der Waals surface area contributed by atoms with Gasteiger partial charge in [0.15, 0.2) is 5.82 Å². The maximum Gasteiger partial charge on any atom is 0.183 e. The molecule has 0 amide bonds. The first kappa shape index (κ1) is 12.1. The van der Waals surface area contributed by atoms with E-state index in [2.05, 4.69) is 33.4 Å². The largest absolute Gasteiger partial charge is 0.369 e. The third kappa shape index (κ3) is 2.31. The van der Waals surface area contributed by atoms with Crippen LogP contribution in [0.3, 0.4) is 0 Å². The first-order valence-corrected chi connectivity index (χ1v) is 7.15. The molecule has 5 nitrogen and oxygen atoms in total. The molecule has 3 aromatic heterocycles. The molecule has 0 saturated carbocycles. The number of nitrogens with one attached hydrogen (secondary N) is 1. The molecule has 6 heteroatoms. The molecular weight excluding hydrogens is 258 g/mol. The van der Waals surface area contributed by atoms with Crippen molar-refractivity contribution in [1.82, 2.24) is 19.7 Å². The van der Waals surface area contributed by atoms with E-state index in [1.807, 2.05) is 24.7 Å². The van der Waals surface area contributed by atoms with Crippen LogP contribution in [0.2, 0.25) is 0 Å². The van der Waals surface area contributed by atoms with Crippen molar-refractivity contribution >= 4 is 27.4 Å². The van der Waals surface area contributed by atoms with Crippen molar-refractivity contribution in [3.8, 4) is 11.5 Å². The Morgan fingerprint density at radius 1 is 1.32 bits per heavy atom. The van der Waals surface area contributed by atoms with Crippen molar-refractivity contribution in [3.63, 3.8) is 0 Å². The van der Waals surface area contributed by atoms with Gasteiger partial charge in [0.1, 0.15) is 16.3 Å². The van der Waals surface area contributed by atoms with E-state index in [1.165, 1.54) is 0 Å². The summed E-state index contributed by atoms with van der Waals surface area (Å²) in [7, 11) is 1.89. The van der Waals surface area contributed by atoms with Crippen molar-refractivity contribution in [2.45, 2.75) is 13.3 Å². The fraction of sp³-hybridized carbons (Fsp3) is 0.308. The summed E-state index contributed by atoms with van der Waals surface area (Å²) in [5, 5.41) is 10.8. The summed E-state index contributed by atoms with van der Waals surface area (Å²) < 4.78 is 1.76. The van der Waals surface area contributed by atoms with Gasteiger partial charge >= 0.3 is 0 Å². The van der Waals surface area contributed by atoms with Crippen LogP contribution in [-0.2, 0) is 7.05 Å². The highest BCUT2D eigenvalue weighted by Gasteiger charge is 2.11. The highest BCUT2D eigenvalue weighted by Crippen LogP contribution is 2.27. The number of thiophene rings is 1. The molecule has 0 unspecified atom stereocenters. The lowest BCUT2D eigenvalue weighted by molar-refractivity contribution is 0.769. The first-order valence-electron chi connectivity index (χ1n) is 6.27. The lowest BCUT2D eigenvalue weighted by Gasteiger charge is -2.06. The molecule has 0 fully saturated rings. The van der Waals surface area contributed by atoms with E-state index in [-0.39, 0.29) is 0 Å². The normalized spacial score (nSPS) is 11.1. The highest BCUT2D eigenvalue weighted by molar-refractivity contribution is 7.16. The Morgan fingerprint density at radius 2 is 2.21 bits per heavy atom. The van der Waals surface area contributed by atoms with Crippen LogP contribution in [0.4, 0.5) is 5.82 Å². The fourth-order valence-electron chi connectivity index (χ4n) is 1.88. The number of fused-ring (bicyclic) bond motifs is 1. The van der Waals surface area contributed by atoms with Gasteiger partial charge in [-0.3, -0.25) is 4.68 Å². The van der Waals surface area contributed by atoms with Gasteiger partial charge in [0.05, 0.1) is 5.39 Å². The fourth-order valence-corrected chi connectivity index (χ4v) is 2.65. The Kier molecular flexibility index (Phi) is 3.16. The second kappa shape index (κ2) is 4.97. The Morgan fingerprint density at radius 3 is 2.95 bits per heavy atom. The summed E-state index contributed by atoms with van der Waals surface area (Å²) >= 11 is 1.62. The molecule has 0 spiro atoms. The van der Waals surface area contributed by atoms with Crippen LogP contribution in [0, 0.1) is 0 Å². The minimum atomic E-state index is 0.675. The van der Waals surface area contributed by atoms with Crippen LogP contribution in [-0.4, -0.2) is 26.3 Å². The molecule has 0 atom stereocenters. The van der Waals surface area contributed by atoms with E-state index in [1.54, 1.807) is 16.0 Å². The molecule has 3 rings (SSSR count). The van der Waals surface area contributed by atoms with Gasteiger partial charge in [-0.15, -0.1) is 11.3 Å². The van der Waals surface area contributed by atoms with Crippen LogP contribution in [0.5, 0.6) is 0 Å². The molecule has 19 heavy (non-hydrogen) atoms. The van der Waals surface area contributed by atoms with Crippen molar-refractivity contribution < 1.29 is 0 Å². The minimum absolute atomic E-state index is 0.675. The Balaban J connectivity index is 2.10. The van der Waals surface area contributed by atoms with E-state index in [0.29, 0.717) is 5.82 Å². The van der Waals surface area contributed by atoms with E-state index in [0.717, 1.165) is 34.7 Å². The molecule has 3 aromatic rings. The molecule has 1 N–H and O–H groups in total. The predicted molar refractivity (Wildman–Crippen MR) is 78.4 cm³/mol. The second-order valence-corrected chi connectivity index (χ2v) is 5.23. The number of hydrogen-bond acceptors (Lipinski definition) is 5. The molecule has 3 heterocycles. The quantitative estimate of drug-likeness (QED) is 0.794. The molecule has 0 aliphatic heterocycles. The Labute approximate surface area is 115 Å². The van der Waals surface area contributed by atoms with Gasteiger partial charge in [0, 0.05) is 19.8 Å². The second-order valence-electron chi connectivity index (χ2n) is 4.34. The molecule has 0 aliphatic rings. The summed E-state index contributed by atoms with van der Waals surface area (Å²) in [4.78, 5) is 10.2. The number of hydrogen-bond donors (Lipinski definition) is 1. The van der Waals surface area contributed by atoms with Crippen molar-refractivity contribution in [1.29, 1.82) is 0 Å². The van der Waals surface area contributed by atoms with Gasteiger partial charge in [-0.05, 0) is 23.9 Å². The van der Waals surface area contributed by atoms with Gasteiger partial charge in [-0.1, -0.05) is 6.92 Å². The van der Waals surface area contributed by atoms with E-state index in [4.69, 9.17) is 0 Å². The Hall–Kier alpha value is -1.95. The first-order chi connectivity index (χ1) is 9.28. The summed E-state index contributed by atoms with van der Waals surface area (Å²) in [6, 6.07) is 3.98. The van der Waals surface area contributed by atoms with Crippen LogP contribution in [0.15, 0.2) is 23.7 Å². The minimum Gasteiger partial charge on any atom is -0.369 e. The number of aromatic nitrogens is 4. The average molecular weight is 273 g/mol. The zero-order valence-electron chi connectivity index (χ0n) is 10.9. The SMILES string of the molecule is CCCNc1nc(-c2ccn(C)n2)nc2sccc12. The zero-order valence-corrected chi connectivity index (χ0v) is 11.7. The average Bonchev–Trinajstić information content (AvgIpc) is 3.03. The number of aryl methyl sites for hydroxylation is 1. The molecule has 0 radical (unpaired) electrons. The van der Waals surface area contributed by atoms with Gasteiger partial charge in [-0.2, -0.15) is 5.10 Å². The van der Waals surface area contributed by atoms with Crippen LogP contribution in [0.1, 0.15) is 13.3 Å². The number of nitrogens with zero attached hydrogens (tertiary/aromatic N) is 4. The summed E-state index contributed by atoms with van der Waals surface area (Å²) in [5.41, 5.74) is 0.803. The number of rotatable bonds is 4. The third-order valence-electron chi connectivity index (χ3n) is 2.81. The van der Waals surface area contributed by atoms with Crippen LogP contribution >= 0.6 is 11.3 Å². The molecule has 0 aliphatic carbocycles. The lowest BCUT2D eigenvalue weighted by Crippen LogP contribution is -2.04. The summed E-state index contributed by atoms with van der Waals surface area (Å²) in [6.45, 7) is 3.04. The van der Waals surface area contributed by atoms with E-state index < -0.39 is 0 Å². The van der Waals surface area contributed by atoms with E-state index in [9.17, 15) is 0 Å². The van der Waals surface area contributed by atoms with Gasteiger partial charge in [0.2, 0.25) is 0 Å². The number of anilines is 1. The molecular formula is C13H15N5S. The van der Waals surface area contributed by atoms with E-state index >= 15 is 0 Å². The molecule has 98 valence electrons. The van der Waals surface area contributed by atoms with Gasteiger partial charge in [-0.25, -0.2) is 9.97 Å². The van der Waals surface area contributed by atoms with Crippen molar-refractivity contribution in [2.24, 2.45) is 7.05 Å². The zero-order chi connectivity index (χ0) is 13.2. The monoisotopic (exact) mass is 273 g/mol. The lowest BCUT2D eigenvalue weighted by atomic mass is 10.3.